The molecule has 1 aliphatic heterocycles. The maximum absolute atomic E-state index is 13.3. The Morgan fingerprint density at radius 1 is 1.18 bits per heavy atom. The van der Waals surface area contributed by atoms with Crippen LogP contribution in [-0.4, -0.2) is 51.2 Å². The van der Waals surface area contributed by atoms with Crippen molar-refractivity contribution in [1.82, 2.24) is 15.4 Å². The van der Waals surface area contributed by atoms with Crippen LogP contribution in [0.25, 0.3) is 0 Å². The monoisotopic (exact) mass is 597 g/mol. The lowest BCUT2D eigenvalue weighted by molar-refractivity contribution is -0.881. The topological polar surface area (TPSA) is 108 Å². The Hall–Kier alpha value is -3.03. The zero-order valence-electron chi connectivity index (χ0n) is 23.2. The molecule has 1 aromatic heterocycles. The van der Waals surface area contributed by atoms with Gasteiger partial charge in [-0.3, -0.25) is 15.2 Å². The van der Waals surface area contributed by atoms with Crippen molar-refractivity contribution in [3.63, 3.8) is 0 Å². The second kappa shape index (κ2) is 12.0. The second-order valence-corrected chi connectivity index (χ2v) is 12.6. The number of hydrogen-bond acceptors (Lipinski definition) is 7. The van der Waals surface area contributed by atoms with Gasteiger partial charge in [0.1, 0.15) is 18.2 Å². The molecule has 0 spiro atoms. The van der Waals surface area contributed by atoms with Gasteiger partial charge in [-0.1, -0.05) is 25.0 Å². The summed E-state index contributed by atoms with van der Waals surface area (Å²) in [6.45, 7) is 9.66. The summed E-state index contributed by atoms with van der Waals surface area (Å²) in [4.78, 5) is 35.0. The number of nitrogens with zero attached hydrogens (tertiary/aromatic N) is 5. The lowest BCUT2D eigenvalue weighted by atomic mass is 10.1. The molecule has 1 aliphatic carbocycles. The van der Waals surface area contributed by atoms with Crippen LogP contribution < -0.4 is 10.4 Å². The maximum Gasteiger partial charge on any atom is 0.517 e. The van der Waals surface area contributed by atoms with E-state index in [0.717, 1.165) is 37.8 Å². The van der Waals surface area contributed by atoms with Crippen molar-refractivity contribution in [2.24, 2.45) is 5.92 Å². The summed E-state index contributed by atoms with van der Waals surface area (Å²) in [5.41, 5.74) is 3.93. The predicted molar refractivity (Wildman–Crippen MR) is 151 cm³/mol. The fourth-order valence-electron chi connectivity index (χ4n) is 5.57. The summed E-state index contributed by atoms with van der Waals surface area (Å²) >= 11 is 3.48. The molecule has 9 nitrogen and oxygen atoms in total. The second-order valence-electron chi connectivity index (χ2n) is 11.8. The van der Waals surface area contributed by atoms with E-state index in [2.05, 4.69) is 38.2 Å². The van der Waals surface area contributed by atoms with E-state index in [-0.39, 0.29) is 28.3 Å². The number of aromatic nitrogens is 2. The van der Waals surface area contributed by atoms with Crippen LogP contribution in [0.4, 0.5) is 10.6 Å². The predicted octanol–water partition coefficient (Wildman–Crippen LogP) is 5.89. The highest BCUT2D eigenvalue weighted by Gasteiger charge is 2.48. The molecule has 0 bridgehead atoms. The largest absolute Gasteiger partial charge is 0.517 e. The molecule has 2 amide bonds. The third kappa shape index (κ3) is 6.95. The highest BCUT2D eigenvalue weighted by Crippen LogP contribution is 2.33. The molecule has 2 aromatic rings. The van der Waals surface area contributed by atoms with Gasteiger partial charge in [0.05, 0.1) is 17.1 Å². The first kappa shape index (κ1) is 29.0. The summed E-state index contributed by atoms with van der Waals surface area (Å²) in [6, 6.07) is 9.55. The first-order valence-electron chi connectivity index (χ1n) is 13.7. The molecule has 2 atom stereocenters. The molecule has 1 unspecified atom stereocenters. The average molecular weight is 599 g/mol. The number of nitriles is 1. The SMILES string of the molecule is C[C@@H]1CCC[N+]1(Cc1ccc(C(=O)NN(CC2CCCC2)c2nc(C#N)ncc2Br)cc1)C(=O)OC(C)(C)C. The Morgan fingerprint density at radius 2 is 1.87 bits per heavy atom. The third-order valence-electron chi connectivity index (χ3n) is 7.69. The van der Waals surface area contributed by atoms with E-state index in [1.165, 1.54) is 19.0 Å². The van der Waals surface area contributed by atoms with Crippen molar-refractivity contribution in [3.8, 4) is 6.07 Å². The number of benzene rings is 1. The molecule has 1 aromatic carbocycles. The molecule has 1 saturated carbocycles. The maximum atomic E-state index is 13.3. The standard InChI is InChI=1S/C29H37BrN6O3/c1-20-8-7-15-36(20,28(38)39-29(2,3)4)19-22-11-13-23(14-12-22)27(37)34-35(18-21-9-5-6-10-21)26-24(30)17-32-25(16-31)33-26/h11-14,17,20-21H,5-10,15,18-19H2,1-4H3/p+1/t20-,36?/m1/s1. The zero-order valence-corrected chi connectivity index (χ0v) is 24.8. The Kier molecular flexibility index (Phi) is 8.92. The molecule has 1 saturated heterocycles. The van der Waals surface area contributed by atoms with Gasteiger partial charge < -0.3 is 4.74 Å². The van der Waals surface area contributed by atoms with Gasteiger partial charge in [0, 0.05) is 36.7 Å². The van der Waals surface area contributed by atoms with Gasteiger partial charge in [-0.2, -0.15) is 15.0 Å². The number of quaternary nitrogens is 1. The normalized spacial score (nSPS) is 21.4. The highest BCUT2D eigenvalue weighted by atomic mass is 79.9. The lowest BCUT2D eigenvalue weighted by Gasteiger charge is -2.36. The van der Waals surface area contributed by atoms with E-state index in [1.807, 2.05) is 39.0 Å². The van der Waals surface area contributed by atoms with Crippen LogP contribution >= 0.6 is 15.9 Å². The van der Waals surface area contributed by atoms with Crippen LogP contribution in [0.3, 0.4) is 0 Å². The minimum Gasteiger partial charge on any atom is -0.414 e. The van der Waals surface area contributed by atoms with Gasteiger partial charge in [-0.25, -0.2) is 9.47 Å². The van der Waals surface area contributed by atoms with Crippen LogP contribution in [0.2, 0.25) is 0 Å². The Bertz CT molecular complexity index is 1230. The summed E-state index contributed by atoms with van der Waals surface area (Å²) in [5, 5.41) is 11.0. The highest BCUT2D eigenvalue weighted by molar-refractivity contribution is 9.10. The summed E-state index contributed by atoms with van der Waals surface area (Å²) in [7, 11) is 0. The number of amides is 2. The number of ether oxygens (including phenoxy) is 1. The first-order chi connectivity index (χ1) is 18.5. The van der Waals surface area contributed by atoms with Crippen molar-refractivity contribution in [3.05, 3.63) is 51.9 Å². The summed E-state index contributed by atoms with van der Waals surface area (Å²) in [6.07, 6.45) is 7.81. The van der Waals surface area contributed by atoms with Crippen LogP contribution in [0, 0.1) is 17.2 Å². The van der Waals surface area contributed by atoms with Gasteiger partial charge >= 0.3 is 6.09 Å². The Morgan fingerprint density at radius 3 is 2.46 bits per heavy atom. The molecule has 0 radical (unpaired) electrons. The number of carbonyl (C=O) groups is 2. The molecule has 208 valence electrons. The van der Waals surface area contributed by atoms with Gasteiger partial charge in [-0.05, 0) is 74.5 Å². The van der Waals surface area contributed by atoms with Crippen molar-refractivity contribution in [2.75, 3.05) is 18.1 Å². The zero-order chi connectivity index (χ0) is 28.2. The number of hydrogen-bond donors (Lipinski definition) is 1. The smallest absolute Gasteiger partial charge is 0.414 e. The van der Waals surface area contributed by atoms with Gasteiger partial charge in [-0.15, -0.1) is 0 Å². The van der Waals surface area contributed by atoms with Crippen molar-refractivity contribution in [1.29, 1.82) is 5.26 Å². The molecule has 10 heteroatoms. The van der Waals surface area contributed by atoms with Crippen LogP contribution in [0.5, 0.6) is 0 Å². The summed E-state index contributed by atoms with van der Waals surface area (Å²) in [5.74, 6) is 0.663. The minimum atomic E-state index is -0.552. The molecular weight excluding hydrogens is 560 g/mol. The van der Waals surface area contributed by atoms with E-state index in [9.17, 15) is 14.9 Å². The Labute approximate surface area is 239 Å². The van der Waals surface area contributed by atoms with E-state index in [0.29, 0.717) is 34.9 Å². The quantitative estimate of drug-likeness (QED) is 0.313. The molecular formula is C29H38BrN6O3+. The Balaban J connectivity index is 1.52. The fourth-order valence-corrected chi connectivity index (χ4v) is 5.98. The fraction of sp³-hybridized carbons (Fsp3) is 0.552. The van der Waals surface area contributed by atoms with E-state index < -0.39 is 5.60 Å². The number of hydrazine groups is 1. The first-order valence-corrected chi connectivity index (χ1v) is 14.5. The number of anilines is 1. The molecule has 2 fully saturated rings. The number of likely N-dealkylation sites (tertiary alicyclic amines) is 1. The lowest BCUT2D eigenvalue weighted by Crippen LogP contribution is -2.55. The number of halogens is 1. The van der Waals surface area contributed by atoms with Gasteiger partial charge in [0.25, 0.3) is 5.91 Å². The minimum absolute atomic E-state index is 0.0430. The molecule has 2 heterocycles. The van der Waals surface area contributed by atoms with Crippen molar-refractivity contribution >= 4 is 33.7 Å². The van der Waals surface area contributed by atoms with E-state index >= 15 is 0 Å². The number of nitrogens with one attached hydrogen (secondary N) is 1. The molecule has 39 heavy (non-hydrogen) atoms. The average Bonchev–Trinajstić information content (AvgIpc) is 3.53. The van der Waals surface area contributed by atoms with Crippen LogP contribution in [0.15, 0.2) is 34.9 Å². The van der Waals surface area contributed by atoms with E-state index in [1.54, 1.807) is 17.1 Å². The van der Waals surface area contributed by atoms with Crippen LogP contribution in [-0.2, 0) is 11.3 Å². The van der Waals surface area contributed by atoms with Gasteiger partial charge in [0.15, 0.2) is 5.82 Å². The number of rotatable bonds is 7. The molecule has 4 rings (SSSR count). The van der Waals surface area contributed by atoms with Crippen LogP contribution in [0.1, 0.15) is 88.0 Å². The van der Waals surface area contributed by atoms with Crippen molar-refractivity contribution in [2.45, 2.75) is 84.4 Å². The summed E-state index contributed by atoms with van der Waals surface area (Å²) < 4.78 is 6.69. The molecule has 1 N–H and O–H groups in total. The molecule has 2 aliphatic rings. The van der Waals surface area contributed by atoms with Gasteiger partial charge in [0.2, 0.25) is 5.82 Å². The third-order valence-corrected chi connectivity index (χ3v) is 8.25. The van der Waals surface area contributed by atoms with E-state index in [4.69, 9.17) is 4.74 Å². The number of carbonyl (C=O) groups excluding carboxylic acids is 2. The van der Waals surface area contributed by atoms with Crippen molar-refractivity contribution < 1.29 is 18.8 Å².